The average molecular weight is 563 g/mol. The summed E-state index contributed by atoms with van der Waals surface area (Å²) in [6.07, 6.45) is 15.6. The van der Waals surface area contributed by atoms with E-state index in [1.54, 1.807) is 22.1 Å². The molecule has 11 heteroatoms. The lowest BCUT2D eigenvalue weighted by Gasteiger charge is -2.40. The lowest BCUT2D eigenvalue weighted by molar-refractivity contribution is -0.511. The van der Waals surface area contributed by atoms with Gasteiger partial charge in [-0.1, -0.05) is 48.4 Å². The molecule has 0 spiro atoms. The van der Waals surface area contributed by atoms with Gasteiger partial charge in [0.2, 0.25) is 11.9 Å². The second-order valence-corrected chi connectivity index (χ2v) is 10.9. The Hall–Kier alpha value is -4.01. The molecule has 0 bridgehead atoms. The van der Waals surface area contributed by atoms with Gasteiger partial charge < -0.3 is 19.9 Å². The topological polar surface area (TPSA) is 119 Å². The number of carbonyl (C=O) groups is 3. The van der Waals surface area contributed by atoms with Gasteiger partial charge in [0.05, 0.1) is 19.1 Å². The number of carbonyl (C=O) groups excluding carboxylic acids is 3. The molecule has 0 aromatic heterocycles. The Morgan fingerprint density at radius 1 is 1.29 bits per heavy atom. The van der Waals surface area contributed by atoms with Crippen LogP contribution in [-0.2, 0) is 9.59 Å². The van der Waals surface area contributed by atoms with Crippen molar-refractivity contribution in [1.82, 2.24) is 25.1 Å². The first-order chi connectivity index (χ1) is 19.8. The van der Waals surface area contributed by atoms with Crippen molar-refractivity contribution in [3.63, 3.8) is 0 Å². The predicted molar refractivity (Wildman–Crippen MR) is 155 cm³/mol. The predicted octanol–water partition coefficient (Wildman–Crippen LogP) is 2.35. The molecule has 4 unspecified atom stereocenters. The summed E-state index contributed by atoms with van der Waals surface area (Å²) in [5.74, 6) is 2.40. The maximum absolute atomic E-state index is 13.5. The summed E-state index contributed by atoms with van der Waals surface area (Å²) in [4.78, 5) is 53.4. The van der Waals surface area contributed by atoms with Crippen LogP contribution in [0.4, 0.5) is 4.79 Å². The van der Waals surface area contributed by atoms with Crippen molar-refractivity contribution in [3.05, 3.63) is 63.7 Å². The summed E-state index contributed by atoms with van der Waals surface area (Å²) in [5, 5.41) is 16.8. The minimum absolute atomic E-state index is 0.0405. The van der Waals surface area contributed by atoms with E-state index < -0.39 is 24.3 Å². The zero-order valence-corrected chi connectivity index (χ0v) is 23.6. The summed E-state index contributed by atoms with van der Waals surface area (Å²) in [6, 6.07) is 6.36. The van der Waals surface area contributed by atoms with Gasteiger partial charge in [-0.3, -0.25) is 14.9 Å². The Labute approximate surface area is 240 Å². The van der Waals surface area contributed by atoms with Crippen molar-refractivity contribution in [3.8, 4) is 12.3 Å². The highest BCUT2D eigenvalue weighted by molar-refractivity contribution is 5.84. The summed E-state index contributed by atoms with van der Waals surface area (Å²) >= 11 is 0. The molecule has 1 aliphatic heterocycles. The second-order valence-electron chi connectivity index (χ2n) is 10.9. The van der Waals surface area contributed by atoms with Crippen LogP contribution in [-0.4, -0.2) is 101 Å². The van der Waals surface area contributed by atoms with Crippen molar-refractivity contribution < 1.29 is 19.3 Å². The maximum atomic E-state index is 13.5. The molecule has 1 aromatic rings. The Bertz CT molecular complexity index is 1240. The molecule has 0 radical (unpaired) electrons. The molecule has 1 N–H and O–H groups in total. The standard InChI is InChI=1S/C30H38N6O5/c1-4-16-33(30(39)31-2)34-20-29(38)35(26(21-37)17-22-12-14-25(15-13-22)36(40)41)28(34)19-32(3)18-24-10-7-9-23-8-5-6-11-27(23)24/h1,5-9,11-12,14,21-22,24-26,28H,10,13,15-20H2,2-3H3,(H,31,39)/t22?,24?,25?,26-,28?/m0/s1. The van der Waals surface area contributed by atoms with Gasteiger partial charge in [0, 0.05) is 37.4 Å². The minimum atomic E-state index is -0.761. The monoisotopic (exact) mass is 562 g/mol. The molecule has 5 atom stereocenters. The Balaban J connectivity index is 1.58. The van der Waals surface area contributed by atoms with Gasteiger partial charge in [-0.15, -0.1) is 6.42 Å². The van der Waals surface area contributed by atoms with Gasteiger partial charge in [0.1, 0.15) is 12.5 Å². The lowest BCUT2D eigenvalue weighted by Crippen LogP contribution is -2.59. The zero-order chi connectivity index (χ0) is 29.5. The minimum Gasteiger partial charge on any atom is -0.340 e. The fourth-order valence-electron chi connectivity index (χ4n) is 6.17. The van der Waals surface area contributed by atoms with Crippen LogP contribution in [0, 0.1) is 28.4 Å². The molecule has 2 aliphatic carbocycles. The van der Waals surface area contributed by atoms with Crippen LogP contribution in [0.2, 0.25) is 0 Å². The highest BCUT2D eigenvalue weighted by atomic mass is 16.6. The van der Waals surface area contributed by atoms with Crippen molar-refractivity contribution in [2.75, 3.05) is 40.3 Å². The van der Waals surface area contributed by atoms with E-state index in [-0.39, 0.29) is 35.8 Å². The Kier molecular flexibility index (Phi) is 9.91. The number of hydrazine groups is 1. The number of nitrogens with zero attached hydrogens (tertiary/aromatic N) is 5. The van der Waals surface area contributed by atoms with Crippen LogP contribution < -0.4 is 5.32 Å². The number of amides is 3. The highest BCUT2D eigenvalue weighted by Gasteiger charge is 2.46. The van der Waals surface area contributed by atoms with E-state index in [4.69, 9.17) is 6.42 Å². The molecule has 1 aromatic carbocycles. The van der Waals surface area contributed by atoms with Crippen molar-refractivity contribution in [1.29, 1.82) is 0 Å². The second kappa shape index (κ2) is 13.6. The van der Waals surface area contributed by atoms with Crippen LogP contribution >= 0.6 is 0 Å². The van der Waals surface area contributed by atoms with Crippen LogP contribution in [0.5, 0.6) is 0 Å². The molecule has 1 heterocycles. The van der Waals surface area contributed by atoms with E-state index >= 15 is 0 Å². The SMILES string of the molecule is C#CCN(C(=O)NC)N1CC(=O)N([C@H](C=O)CC2C=CC([N+](=O)[O-])CC2)C1CN(C)CC1CC=Cc2ccccc21. The Morgan fingerprint density at radius 3 is 2.73 bits per heavy atom. The number of nitrogens with one attached hydrogen (secondary N) is 1. The molecule has 41 heavy (non-hydrogen) atoms. The summed E-state index contributed by atoms with van der Waals surface area (Å²) in [5.41, 5.74) is 2.46. The molecule has 1 fully saturated rings. The number of nitro groups is 1. The number of allylic oxidation sites excluding steroid dienone is 2. The van der Waals surface area contributed by atoms with Crippen LogP contribution in [0.3, 0.4) is 0 Å². The number of terminal acetylenes is 1. The lowest BCUT2D eigenvalue weighted by atomic mass is 9.87. The Morgan fingerprint density at radius 2 is 2.07 bits per heavy atom. The average Bonchev–Trinajstić information content (AvgIpc) is 3.29. The van der Waals surface area contributed by atoms with Crippen LogP contribution in [0.1, 0.15) is 42.7 Å². The summed E-state index contributed by atoms with van der Waals surface area (Å²) in [7, 11) is 3.47. The fourth-order valence-corrected chi connectivity index (χ4v) is 6.17. The number of rotatable bonds is 11. The molecular weight excluding hydrogens is 524 g/mol. The number of hydrogen-bond donors (Lipinski definition) is 1. The summed E-state index contributed by atoms with van der Waals surface area (Å²) in [6.45, 7) is 0.945. The molecular formula is C30H38N6O5. The molecule has 3 amide bonds. The number of aldehydes is 1. The van der Waals surface area contributed by atoms with Gasteiger partial charge in [-0.25, -0.2) is 9.80 Å². The van der Waals surface area contributed by atoms with Gasteiger partial charge >= 0.3 is 6.03 Å². The molecule has 4 rings (SSSR count). The van der Waals surface area contributed by atoms with Gasteiger partial charge in [-0.2, -0.15) is 5.01 Å². The third-order valence-electron chi connectivity index (χ3n) is 8.18. The number of likely N-dealkylation sites (N-methyl/N-ethyl adjacent to an activating group) is 1. The van der Waals surface area contributed by atoms with Crippen LogP contribution in [0.15, 0.2) is 42.5 Å². The molecule has 218 valence electrons. The molecule has 1 saturated heterocycles. The molecule has 3 aliphatic rings. The largest absolute Gasteiger partial charge is 0.340 e. The van der Waals surface area contributed by atoms with E-state index in [1.807, 2.05) is 19.2 Å². The van der Waals surface area contributed by atoms with E-state index in [2.05, 4.69) is 40.4 Å². The third-order valence-corrected chi connectivity index (χ3v) is 8.18. The first-order valence-electron chi connectivity index (χ1n) is 14.0. The van der Waals surface area contributed by atoms with Gasteiger partial charge in [0.15, 0.2) is 0 Å². The smallest absolute Gasteiger partial charge is 0.332 e. The fraction of sp³-hybridized carbons (Fsp3) is 0.500. The van der Waals surface area contributed by atoms with Crippen molar-refractivity contribution in [2.45, 2.75) is 49.9 Å². The molecule has 0 saturated carbocycles. The van der Waals surface area contributed by atoms with E-state index in [1.165, 1.54) is 23.2 Å². The molecule has 11 nitrogen and oxygen atoms in total. The highest BCUT2D eigenvalue weighted by Crippen LogP contribution is 2.32. The van der Waals surface area contributed by atoms with Gasteiger partial charge in [-0.05, 0) is 49.4 Å². The number of hydrogen-bond acceptors (Lipinski definition) is 7. The first-order valence-corrected chi connectivity index (χ1v) is 14.0. The number of fused-ring (bicyclic) bond motifs is 1. The first kappa shape index (κ1) is 30.0. The number of urea groups is 1. The van der Waals surface area contributed by atoms with Crippen LogP contribution in [0.25, 0.3) is 6.08 Å². The number of benzene rings is 1. The van der Waals surface area contributed by atoms with E-state index in [9.17, 15) is 24.5 Å². The van der Waals surface area contributed by atoms with Crippen molar-refractivity contribution >= 4 is 24.3 Å². The normalized spacial score (nSPS) is 24.5. The third kappa shape index (κ3) is 6.84. The summed E-state index contributed by atoms with van der Waals surface area (Å²) < 4.78 is 0. The zero-order valence-electron chi connectivity index (χ0n) is 23.6. The van der Waals surface area contributed by atoms with E-state index in [0.29, 0.717) is 32.4 Å². The maximum Gasteiger partial charge on any atom is 0.332 e. The van der Waals surface area contributed by atoms with Crippen molar-refractivity contribution in [2.24, 2.45) is 5.92 Å². The van der Waals surface area contributed by atoms with E-state index in [0.717, 1.165) is 12.7 Å². The quantitative estimate of drug-likeness (QED) is 0.145. The van der Waals surface area contributed by atoms with Gasteiger partial charge in [0.25, 0.3) is 0 Å².